The van der Waals surface area contributed by atoms with E-state index in [0.717, 1.165) is 12.8 Å². The highest BCUT2D eigenvalue weighted by Gasteiger charge is 2.24. The molecule has 0 radical (unpaired) electrons. The molecule has 0 rings (SSSR count). The van der Waals surface area contributed by atoms with Gasteiger partial charge in [0.25, 0.3) is 0 Å². The molecular weight excluding hydrogens is 242 g/mol. The molecule has 0 aliphatic heterocycles. The zero-order chi connectivity index (χ0) is 15.3. The molecule has 0 saturated heterocycles. The number of carbonyl (C=O) groups excluding carboxylic acids is 2. The first-order valence-corrected chi connectivity index (χ1v) is 6.97. The first-order valence-electron chi connectivity index (χ1n) is 6.97. The number of hydrogen-bond donors (Lipinski definition) is 1. The SMILES string of the molecule is CCC(C)(C)CC[C@@H](NC(=O)OC(C)(C)C)C(C)=O. The van der Waals surface area contributed by atoms with Gasteiger partial charge in [0.15, 0.2) is 5.78 Å². The Morgan fingerprint density at radius 1 is 1.16 bits per heavy atom. The van der Waals surface area contributed by atoms with Crippen molar-refractivity contribution in [1.29, 1.82) is 0 Å². The third-order valence-corrected chi connectivity index (χ3v) is 3.25. The lowest BCUT2D eigenvalue weighted by Gasteiger charge is -2.26. The Hall–Kier alpha value is -1.06. The van der Waals surface area contributed by atoms with Gasteiger partial charge in [0.05, 0.1) is 6.04 Å². The van der Waals surface area contributed by atoms with Crippen LogP contribution in [0.5, 0.6) is 0 Å². The van der Waals surface area contributed by atoms with Gasteiger partial charge in [-0.3, -0.25) is 4.79 Å². The summed E-state index contributed by atoms with van der Waals surface area (Å²) in [5.74, 6) is -0.0298. The Morgan fingerprint density at radius 3 is 2.05 bits per heavy atom. The van der Waals surface area contributed by atoms with Crippen molar-refractivity contribution in [3.05, 3.63) is 0 Å². The Balaban J connectivity index is 4.43. The van der Waals surface area contributed by atoms with Gasteiger partial charge in [-0.2, -0.15) is 0 Å². The fourth-order valence-corrected chi connectivity index (χ4v) is 1.54. The van der Waals surface area contributed by atoms with E-state index in [1.807, 2.05) is 0 Å². The van der Waals surface area contributed by atoms with Crippen LogP contribution in [0.25, 0.3) is 0 Å². The van der Waals surface area contributed by atoms with Crippen LogP contribution in [0, 0.1) is 5.41 Å². The van der Waals surface area contributed by atoms with Gasteiger partial charge in [-0.15, -0.1) is 0 Å². The van der Waals surface area contributed by atoms with Crippen LogP contribution in [0.1, 0.15) is 67.7 Å². The van der Waals surface area contributed by atoms with Gasteiger partial charge in [-0.05, 0) is 46.0 Å². The number of nitrogens with one attached hydrogen (secondary N) is 1. The summed E-state index contributed by atoms with van der Waals surface area (Å²) < 4.78 is 5.17. The highest BCUT2D eigenvalue weighted by atomic mass is 16.6. The molecule has 0 aromatic heterocycles. The maximum absolute atomic E-state index is 11.7. The minimum Gasteiger partial charge on any atom is -0.444 e. The lowest BCUT2D eigenvalue weighted by atomic mass is 9.83. The molecule has 1 N–H and O–H groups in total. The molecule has 0 heterocycles. The summed E-state index contributed by atoms with van der Waals surface area (Å²) >= 11 is 0. The largest absolute Gasteiger partial charge is 0.444 e. The zero-order valence-corrected chi connectivity index (χ0v) is 13.4. The summed E-state index contributed by atoms with van der Waals surface area (Å²) in [7, 11) is 0. The highest BCUT2D eigenvalue weighted by molar-refractivity contribution is 5.85. The molecule has 0 fully saturated rings. The van der Waals surface area contributed by atoms with Gasteiger partial charge in [-0.25, -0.2) is 4.79 Å². The van der Waals surface area contributed by atoms with Crippen LogP contribution in [0.2, 0.25) is 0 Å². The first kappa shape index (κ1) is 17.9. The van der Waals surface area contributed by atoms with E-state index in [0.29, 0.717) is 6.42 Å². The van der Waals surface area contributed by atoms with Crippen molar-refractivity contribution in [3.8, 4) is 0 Å². The Kier molecular flexibility index (Phi) is 6.53. The van der Waals surface area contributed by atoms with Crippen molar-refractivity contribution in [2.24, 2.45) is 5.41 Å². The summed E-state index contributed by atoms with van der Waals surface area (Å²) in [6.45, 7) is 13.4. The van der Waals surface area contributed by atoms with Gasteiger partial charge >= 0.3 is 6.09 Å². The van der Waals surface area contributed by atoms with Crippen molar-refractivity contribution in [2.75, 3.05) is 0 Å². The molecule has 4 nitrogen and oxygen atoms in total. The summed E-state index contributed by atoms with van der Waals surface area (Å²) in [6, 6.07) is -0.458. The van der Waals surface area contributed by atoms with Crippen LogP contribution < -0.4 is 5.32 Å². The van der Waals surface area contributed by atoms with E-state index < -0.39 is 17.7 Å². The average molecular weight is 271 g/mol. The summed E-state index contributed by atoms with van der Waals surface area (Å²) in [5.41, 5.74) is -0.364. The van der Waals surface area contributed by atoms with Crippen LogP contribution in [0.4, 0.5) is 4.79 Å². The molecule has 1 atom stereocenters. The van der Waals surface area contributed by atoms with Crippen LogP contribution in [0.3, 0.4) is 0 Å². The molecule has 0 aliphatic rings. The lowest BCUT2D eigenvalue weighted by Crippen LogP contribution is -2.43. The first-order chi connectivity index (χ1) is 8.47. The number of amides is 1. The number of rotatable bonds is 6. The minimum atomic E-state index is -0.548. The second kappa shape index (κ2) is 6.92. The summed E-state index contributed by atoms with van der Waals surface area (Å²) in [6.07, 6.45) is 2.06. The van der Waals surface area contributed by atoms with E-state index in [1.165, 1.54) is 6.92 Å². The Bertz CT molecular complexity index is 316. The number of alkyl carbamates (subject to hydrolysis) is 1. The third-order valence-electron chi connectivity index (χ3n) is 3.25. The molecule has 4 heteroatoms. The smallest absolute Gasteiger partial charge is 0.408 e. The lowest BCUT2D eigenvalue weighted by molar-refractivity contribution is -0.119. The monoisotopic (exact) mass is 271 g/mol. The van der Waals surface area contributed by atoms with Gasteiger partial charge in [-0.1, -0.05) is 27.2 Å². The van der Waals surface area contributed by atoms with E-state index >= 15 is 0 Å². The van der Waals surface area contributed by atoms with E-state index in [-0.39, 0.29) is 11.2 Å². The van der Waals surface area contributed by atoms with Crippen LogP contribution in [-0.2, 0) is 9.53 Å². The Morgan fingerprint density at radius 2 is 1.68 bits per heavy atom. The number of ether oxygens (including phenoxy) is 1. The molecule has 1 amide bonds. The van der Waals surface area contributed by atoms with Crippen LogP contribution in [0.15, 0.2) is 0 Å². The van der Waals surface area contributed by atoms with Crippen molar-refractivity contribution >= 4 is 11.9 Å². The molecular formula is C15H29NO3. The van der Waals surface area contributed by atoms with Gasteiger partial charge in [0, 0.05) is 0 Å². The average Bonchev–Trinajstić information content (AvgIpc) is 2.21. The summed E-state index contributed by atoms with van der Waals surface area (Å²) in [5, 5.41) is 2.66. The van der Waals surface area contributed by atoms with Crippen molar-refractivity contribution in [1.82, 2.24) is 5.32 Å². The van der Waals surface area contributed by atoms with E-state index in [1.54, 1.807) is 20.8 Å². The number of hydrogen-bond acceptors (Lipinski definition) is 3. The maximum atomic E-state index is 11.7. The summed E-state index contributed by atoms with van der Waals surface area (Å²) in [4.78, 5) is 23.3. The number of carbonyl (C=O) groups is 2. The number of ketones is 1. The zero-order valence-electron chi connectivity index (χ0n) is 13.4. The topological polar surface area (TPSA) is 55.4 Å². The van der Waals surface area contributed by atoms with Crippen molar-refractivity contribution in [3.63, 3.8) is 0 Å². The normalized spacial score (nSPS) is 13.8. The van der Waals surface area contributed by atoms with Gasteiger partial charge in [0.2, 0.25) is 0 Å². The van der Waals surface area contributed by atoms with E-state index in [4.69, 9.17) is 4.74 Å². The molecule has 0 saturated carbocycles. The predicted octanol–water partition coefficient (Wildman–Crippen LogP) is 3.69. The molecule has 19 heavy (non-hydrogen) atoms. The molecule has 0 aromatic carbocycles. The predicted molar refractivity (Wildman–Crippen MR) is 77.1 cm³/mol. The van der Waals surface area contributed by atoms with Crippen molar-refractivity contribution in [2.45, 2.75) is 79.4 Å². The van der Waals surface area contributed by atoms with Crippen molar-refractivity contribution < 1.29 is 14.3 Å². The molecule has 0 unspecified atom stereocenters. The molecule has 0 aliphatic carbocycles. The second-order valence-electron chi connectivity index (χ2n) is 6.87. The second-order valence-corrected chi connectivity index (χ2v) is 6.87. The maximum Gasteiger partial charge on any atom is 0.408 e. The molecule has 112 valence electrons. The van der Waals surface area contributed by atoms with Crippen LogP contribution >= 0.6 is 0 Å². The third kappa shape index (κ3) is 8.62. The molecule has 0 aromatic rings. The standard InChI is InChI=1S/C15H29NO3/c1-8-15(6,7)10-9-12(11(2)17)16-13(18)19-14(3,4)5/h12H,8-10H2,1-7H3,(H,16,18)/t12-/m1/s1. The van der Waals surface area contributed by atoms with E-state index in [2.05, 4.69) is 26.1 Å². The molecule has 0 bridgehead atoms. The fourth-order valence-electron chi connectivity index (χ4n) is 1.54. The van der Waals surface area contributed by atoms with E-state index in [9.17, 15) is 9.59 Å². The fraction of sp³-hybridized carbons (Fsp3) is 0.867. The highest BCUT2D eigenvalue weighted by Crippen LogP contribution is 2.26. The number of Topliss-reactive ketones (excluding diaryl/α,β-unsaturated/α-hetero) is 1. The molecule has 0 spiro atoms. The Labute approximate surface area is 117 Å². The van der Waals surface area contributed by atoms with Crippen LogP contribution in [-0.4, -0.2) is 23.5 Å². The van der Waals surface area contributed by atoms with Gasteiger partial charge < -0.3 is 10.1 Å². The quantitative estimate of drug-likeness (QED) is 0.801. The minimum absolute atomic E-state index is 0.0298. The van der Waals surface area contributed by atoms with Gasteiger partial charge in [0.1, 0.15) is 5.60 Å².